The van der Waals surface area contributed by atoms with Crippen LogP contribution in [0.15, 0.2) is 60.6 Å². The molecule has 0 aliphatic heterocycles. The highest BCUT2D eigenvalue weighted by molar-refractivity contribution is 7.13. The van der Waals surface area contributed by atoms with E-state index in [2.05, 4.69) is 41.5 Å². The van der Waals surface area contributed by atoms with E-state index in [9.17, 15) is 4.79 Å². The van der Waals surface area contributed by atoms with Crippen LogP contribution in [0.2, 0.25) is 0 Å². The Bertz CT molecular complexity index is 1740. The normalized spacial score (nSPS) is 11.9. The molecule has 6 aromatic rings. The molecule has 6 aromatic heterocycles. The minimum Gasteiger partial charge on any atom is -0.335 e. The monoisotopic (exact) mass is 508 g/mol. The summed E-state index contributed by atoms with van der Waals surface area (Å²) >= 11 is 1.65. The second-order valence-corrected chi connectivity index (χ2v) is 11.0. The molecular formula is C27H24N8OS. The van der Waals surface area contributed by atoms with Gasteiger partial charge in [0.05, 0.1) is 29.0 Å². The van der Waals surface area contributed by atoms with Gasteiger partial charge in [-0.25, -0.2) is 9.97 Å². The summed E-state index contributed by atoms with van der Waals surface area (Å²) in [6.45, 7) is 6.10. The first-order valence-electron chi connectivity index (χ1n) is 11.8. The molecule has 0 spiro atoms. The molecule has 184 valence electrons. The standard InChI is InChI=1S/C27H24N8OS/c1-27(2,3)9-22(36)31-17-7-15(10-28-12-17)16-8-18-24(34-35-25(18)30-11-16)26-32-20-14-29-13-19(23(20)33-26)21-5-4-6-37-21/h4-8,10-14H,9H2,1-3H3,(H,31,36)(H,32,33)(H,30,34,35). The van der Waals surface area contributed by atoms with E-state index in [1.165, 1.54) is 0 Å². The summed E-state index contributed by atoms with van der Waals surface area (Å²) in [6.07, 6.45) is 9.18. The molecule has 0 bridgehead atoms. The molecule has 0 unspecified atom stereocenters. The minimum absolute atomic E-state index is 0.0431. The van der Waals surface area contributed by atoms with Crippen LogP contribution in [0.4, 0.5) is 5.69 Å². The number of aromatic amines is 2. The van der Waals surface area contributed by atoms with Crippen LogP contribution in [0.25, 0.3) is 55.2 Å². The summed E-state index contributed by atoms with van der Waals surface area (Å²) in [5, 5.41) is 13.3. The molecule has 0 fully saturated rings. The van der Waals surface area contributed by atoms with Crippen molar-refractivity contribution in [3.63, 3.8) is 0 Å². The fourth-order valence-electron chi connectivity index (χ4n) is 4.25. The Balaban J connectivity index is 1.36. The van der Waals surface area contributed by atoms with Crippen LogP contribution in [0.3, 0.4) is 0 Å². The topological polar surface area (TPSA) is 125 Å². The largest absolute Gasteiger partial charge is 0.335 e. The maximum atomic E-state index is 12.4. The number of carbonyl (C=O) groups is 1. The van der Waals surface area contributed by atoms with Crippen molar-refractivity contribution in [3.8, 4) is 33.1 Å². The first-order valence-corrected chi connectivity index (χ1v) is 12.7. The Hall–Kier alpha value is -4.44. The predicted octanol–water partition coefficient (Wildman–Crippen LogP) is 6.06. The van der Waals surface area contributed by atoms with E-state index >= 15 is 0 Å². The summed E-state index contributed by atoms with van der Waals surface area (Å²) in [5.74, 6) is 0.613. The number of hydrogen-bond acceptors (Lipinski definition) is 7. The smallest absolute Gasteiger partial charge is 0.224 e. The average molecular weight is 509 g/mol. The fourth-order valence-corrected chi connectivity index (χ4v) is 4.99. The van der Waals surface area contributed by atoms with Crippen molar-refractivity contribution in [2.75, 3.05) is 5.32 Å². The summed E-state index contributed by atoms with van der Waals surface area (Å²) in [7, 11) is 0. The molecule has 9 nitrogen and oxygen atoms in total. The maximum absolute atomic E-state index is 12.4. The number of pyridine rings is 3. The van der Waals surface area contributed by atoms with Gasteiger partial charge in [0, 0.05) is 46.6 Å². The van der Waals surface area contributed by atoms with E-state index in [1.54, 1.807) is 36.1 Å². The zero-order valence-corrected chi connectivity index (χ0v) is 21.3. The fraction of sp³-hybridized carbons (Fsp3) is 0.185. The molecular weight excluding hydrogens is 484 g/mol. The van der Waals surface area contributed by atoms with Crippen molar-refractivity contribution in [2.24, 2.45) is 5.41 Å². The molecule has 0 saturated heterocycles. The van der Waals surface area contributed by atoms with E-state index in [1.807, 2.05) is 50.5 Å². The zero-order chi connectivity index (χ0) is 25.6. The van der Waals surface area contributed by atoms with E-state index < -0.39 is 0 Å². The molecule has 0 saturated carbocycles. The highest BCUT2D eigenvalue weighted by Gasteiger charge is 2.18. The molecule has 3 N–H and O–H groups in total. The van der Waals surface area contributed by atoms with Crippen LogP contribution in [0.5, 0.6) is 0 Å². The molecule has 6 rings (SSSR count). The number of rotatable bonds is 5. The van der Waals surface area contributed by atoms with Gasteiger partial charge in [-0.2, -0.15) is 5.10 Å². The molecule has 6 heterocycles. The number of amides is 1. The van der Waals surface area contributed by atoms with Crippen molar-refractivity contribution in [2.45, 2.75) is 27.2 Å². The summed E-state index contributed by atoms with van der Waals surface area (Å²) in [5.41, 5.74) is 6.23. The Labute approximate surface area is 216 Å². The Morgan fingerprint density at radius 2 is 1.89 bits per heavy atom. The van der Waals surface area contributed by atoms with E-state index in [-0.39, 0.29) is 11.3 Å². The Morgan fingerprint density at radius 3 is 2.70 bits per heavy atom. The Kier molecular flexibility index (Phi) is 5.53. The van der Waals surface area contributed by atoms with Crippen LogP contribution >= 0.6 is 11.3 Å². The quantitative estimate of drug-likeness (QED) is 0.260. The van der Waals surface area contributed by atoms with Crippen LogP contribution in [-0.4, -0.2) is 41.0 Å². The molecule has 0 radical (unpaired) electrons. The van der Waals surface area contributed by atoms with Crippen molar-refractivity contribution in [1.82, 2.24) is 35.1 Å². The second-order valence-electron chi connectivity index (χ2n) is 10.1. The third-order valence-corrected chi connectivity index (χ3v) is 6.78. The number of anilines is 1. The third-order valence-electron chi connectivity index (χ3n) is 5.87. The molecule has 1 amide bonds. The molecule has 37 heavy (non-hydrogen) atoms. The van der Waals surface area contributed by atoms with Crippen LogP contribution in [0, 0.1) is 5.41 Å². The van der Waals surface area contributed by atoms with Crippen molar-refractivity contribution in [3.05, 3.63) is 60.6 Å². The second kappa shape index (κ2) is 8.90. The van der Waals surface area contributed by atoms with Gasteiger partial charge >= 0.3 is 0 Å². The van der Waals surface area contributed by atoms with Crippen molar-refractivity contribution >= 4 is 45.0 Å². The van der Waals surface area contributed by atoms with E-state index in [4.69, 9.17) is 4.98 Å². The summed E-state index contributed by atoms with van der Waals surface area (Å²) in [6, 6.07) is 7.98. The molecule has 10 heteroatoms. The number of hydrogen-bond donors (Lipinski definition) is 3. The lowest BCUT2D eigenvalue weighted by Gasteiger charge is -2.17. The number of imidazole rings is 1. The van der Waals surface area contributed by atoms with Crippen molar-refractivity contribution in [1.29, 1.82) is 0 Å². The first-order chi connectivity index (χ1) is 17.8. The van der Waals surface area contributed by atoms with Crippen LogP contribution < -0.4 is 5.32 Å². The third kappa shape index (κ3) is 4.58. The SMILES string of the molecule is CC(C)(C)CC(=O)Nc1cncc(-c2cnc3n[nH]c(-c4nc5c(-c6cccs6)cncc5[nH]4)c3c2)c1. The molecule has 0 aliphatic rings. The highest BCUT2D eigenvalue weighted by atomic mass is 32.1. The molecule has 0 atom stereocenters. The minimum atomic E-state index is -0.0982. The van der Waals surface area contributed by atoms with Crippen molar-refractivity contribution < 1.29 is 4.79 Å². The lowest BCUT2D eigenvalue weighted by molar-refractivity contribution is -0.117. The van der Waals surface area contributed by atoms with Gasteiger partial charge in [0.2, 0.25) is 5.91 Å². The van der Waals surface area contributed by atoms with Gasteiger partial charge in [-0.15, -0.1) is 11.3 Å². The summed E-state index contributed by atoms with van der Waals surface area (Å²) in [4.78, 5) is 35.0. The number of thiophene rings is 1. The van der Waals surface area contributed by atoms with Crippen LogP contribution in [0.1, 0.15) is 27.2 Å². The van der Waals surface area contributed by atoms with Gasteiger partial charge in [-0.3, -0.25) is 19.9 Å². The van der Waals surface area contributed by atoms with E-state index in [0.29, 0.717) is 23.6 Å². The van der Waals surface area contributed by atoms with Gasteiger partial charge in [-0.1, -0.05) is 26.8 Å². The number of H-pyrrole nitrogens is 2. The number of nitrogens with one attached hydrogen (secondary N) is 3. The predicted molar refractivity (Wildman–Crippen MR) is 146 cm³/mol. The van der Waals surface area contributed by atoms with E-state index in [0.717, 1.165) is 43.7 Å². The van der Waals surface area contributed by atoms with Crippen LogP contribution in [-0.2, 0) is 4.79 Å². The zero-order valence-electron chi connectivity index (χ0n) is 20.5. The number of fused-ring (bicyclic) bond motifs is 2. The highest BCUT2D eigenvalue weighted by Crippen LogP contribution is 2.33. The number of aromatic nitrogens is 7. The van der Waals surface area contributed by atoms with Gasteiger partial charge in [0.25, 0.3) is 0 Å². The maximum Gasteiger partial charge on any atom is 0.224 e. The lowest BCUT2D eigenvalue weighted by atomic mass is 9.92. The number of nitrogens with zero attached hydrogens (tertiary/aromatic N) is 5. The Morgan fingerprint density at radius 1 is 1.05 bits per heavy atom. The van der Waals surface area contributed by atoms with Gasteiger partial charge in [0.15, 0.2) is 11.5 Å². The molecule has 0 aromatic carbocycles. The van der Waals surface area contributed by atoms with Gasteiger partial charge in [0.1, 0.15) is 11.2 Å². The number of carbonyl (C=O) groups excluding carboxylic acids is 1. The molecule has 0 aliphatic carbocycles. The first kappa shape index (κ1) is 23.0. The van der Waals surface area contributed by atoms with Gasteiger partial charge in [-0.05, 0) is 29.0 Å². The van der Waals surface area contributed by atoms with Gasteiger partial charge < -0.3 is 10.3 Å². The summed E-state index contributed by atoms with van der Waals surface area (Å²) < 4.78 is 0. The lowest BCUT2D eigenvalue weighted by Crippen LogP contribution is -2.19. The average Bonchev–Trinajstić information content (AvgIpc) is 3.61.